The first-order chi connectivity index (χ1) is 11.8. The highest BCUT2D eigenvalue weighted by atomic mass is 16.6. The van der Waals surface area contributed by atoms with Gasteiger partial charge in [0.15, 0.2) is 5.78 Å². The van der Waals surface area contributed by atoms with Gasteiger partial charge in [-0.25, -0.2) is 0 Å². The fraction of sp³-hybridized carbons (Fsp3) is 0.714. The van der Waals surface area contributed by atoms with E-state index in [1.165, 1.54) is 5.57 Å². The summed E-state index contributed by atoms with van der Waals surface area (Å²) in [6.07, 6.45) is 7.79. The first kappa shape index (κ1) is 16.0. The summed E-state index contributed by atoms with van der Waals surface area (Å²) < 4.78 is 5.94. The summed E-state index contributed by atoms with van der Waals surface area (Å²) in [4.78, 5) is 24.1. The van der Waals surface area contributed by atoms with Crippen molar-refractivity contribution in [2.75, 3.05) is 0 Å². The van der Waals surface area contributed by atoms with Crippen molar-refractivity contribution < 1.29 is 19.4 Å². The van der Waals surface area contributed by atoms with Crippen LogP contribution in [0.25, 0.3) is 0 Å². The number of aliphatic hydroxyl groups is 1. The molecule has 5 aliphatic rings. The summed E-state index contributed by atoms with van der Waals surface area (Å²) in [6, 6.07) is 0. The molecule has 2 unspecified atom stereocenters. The monoisotopic (exact) mass is 342 g/mol. The molecule has 0 bridgehead atoms. The van der Waals surface area contributed by atoms with E-state index in [1.807, 2.05) is 6.08 Å². The van der Waals surface area contributed by atoms with Gasteiger partial charge in [-0.15, -0.1) is 0 Å². The lowest BCUT2D eigenvalue weighted by Crippen LogP contribution is -2.58. The van der Waals surface area contributed by atoms with Gasteiger partial charge in [-0.2, -0.15) is 0 Å². The summed E-state index contributed by atoms with van der Waals surface area (Å²) in [7, 11) is 0. The van der Waals surface area contributed by atoms with Crippen molar-refractivity contribution in [1.29, 1.82) is 0 Å². The van der Waals surface area contributed by atoms with Gasteiger partial charge in [0, 0.05) is 11.3 Å². The van der Waals surface area contributed by atoms with E-state index in [2.05, 4.69) is 13.8 Å². The fourth-order valence-electron chi connectivity index (χ4n) is 7.36. The van der Waals surface area contributed by atoms with Gasteiger partial charge in [-0.05, 0) is 55.6 Å². The molecule has 4 heteroatoms. The number of fused-ring (bicyclic) bond motifs is 7. The summed E-state index contributed by atoms with van der Waals surface area (Å²) >= 11 is 0. The Hall–Kier alpha value is -1.26. The van der Waals surface area contributed by atoms with Gasteiger partial charge in [0.1, 0.15) is 5.78 Å². The number of aliphatic hydroxyl groups excluding tert-OH is 1. The van der Waals surface area contributed by atoms with Crippen LogP contribution in [0.3, 0.4) is 0 Å². The van der Waals surface area contributed by atoms with Crippen molar-refractivity contribution in [3.63, 3.8) is 0 Å². The Labute approximate surface area is 148 Å². The second-order valence-corrected chi connectivity index (χ2v) is 9.37. The van der Waals surface area contributed by atoms with Gasteiger partial charge in [0.2, 0.25) is 0 Å². The minimum absolute atomic E-state index is 0.0594. The Bertz CT molecular complexity index is 736. The predicted octanol–water partition coefficient (Wildman–Crippen LogP) is 2.46. The summed E-state index contributed by atoms with van der Waals surface area (Å²) in [6.45, 7) is 6.05. The van der Waals surface area contributed by atoms with Gasteiger partial charge < -0.3 is 9.84 Å². The number of carbonyl (C=O) groups excluding carboxylic acids is 2. The number of ketones is 2. The Balaban J connectivity index is 1.58. The molecule has 0 aromatic heterocycles. The first-order valence-electron chi connectivity index (χ1n) is 9.55. The first-order valence-corrected chi connectivity index (χ1v) is 9.55. The molecule has 1 saturated heterocycles. The van der Waals surface area contributed by atoms with E-state index in [-0.39, 0.29) is 46.4 Å². The van der Waals surface area contributed by atoms with Crippen LogP contribution >= 0.6 is 0 Å². The average molecular weight is 342 g/mol. The molecule has 0 aromatic carbocycles. The predicted molar refractivity (Wildman–Crippen MR) is 91.6 cm³/mol. The Kier molecular flexibility index (Phi) is 3.01. The van der Waals surface area contributed by atoms with Crippen LogP contribution in [0.2, 0.25) is 0 Å². The number of allylic oxidation sites excluding steroid dienone is 4. The second kappa shape index (κ2) is 4.72. The van der Waals surface area contributed by atoms with Crippen molar-refractivity contribution in [3.8, 4) is 0 Å². The SMILES string of the molecule is CC(=O)[C@H]1C2OC2[C@H]2[C@@H]3CCC4=CC(=O)C=C[C@]4(C)[C@H]3[C@H](O)C[C@]12C. The molecule has 4 nitrogen and oxygen atoms in total. The highest BCUT2D eigenvalue weighted by molar-refractivity contribution is 6.01. The smallest absolute Gasteiger partial charge is 0.178 e. The largest absolute Gasteiger partial charge is 0.393 e. The molecule has 4 aliphatic carbocycles. The van der Waals surface area contributed by atoms with E-state index in [4.69, 9.17) is 4.74 Å². The standard InChI is InChI=1S/C21H26O4/c1-10(22)15-18-19(25-18)17-13-5-4-11-8-12(23)6-7-20(11,2)16(13)14(24)9-21(15,17)3/h6-8,13-19,24H,4-5,9H2,1-3H3/t13-,14-,15+,16-,17-,18?,19?,20+,21-/m1/s1. The molecule has 1 N–H and O–H groups in total. The van der Waals surface area contributed by atoms with Crippen molar-refractivity contribution in [3.05, 3.63) is 23.8 Å². The molecule has 4 fully saturated rings. The zero-order chi connectivity index (χ0) is 17.7. The zero-order valence-corrected chi connectivity index (χ0v) is 15.1. The molecule has 9 atom stereocenters. The van der Waals surface area contributed by atoms with E-state index < -0.39 is 6.10 Å². The van der Waals surface area contributed by atoms with Gasteiger partial charge in [-0.1, -0.05) is 25.5 Å². The number of hydrogen-bond acceptors (Lipinski definition) is 4. The molecule has 1 aliphatic heterocycles. The van der Waals surface area contributed by atoms with E-state index >= 15 is 0 Å². The molecule has 0 radical (unpaired) electrons. The lowest BCUT2D eigenvalue weighted by molar-refractivity contribution is -0.151. The number of hydrogen-bond donors (Lipinski definition) is 1. The van der Waals surface area contributed by atoms with E-state index in [0.29, 0.717) is 18.3 Å². The average Bonchev–Trinajstić information content (AvgIpc) is 3.21. The van der Waals surface area contributed by atoms with Crippen LogP contribution < -0.4 is 0 Å². The van der Waals surface area contributed by atoms with Gasteiger partial charge in [0.25, 0.3) is 0 Å². The van der Waals surface area contributed by atoms with E-state index in [9.17, 15) is 14.7 Å². The third kappa shape index (κ3) is 1.85. The molecule has 0 spiro atoms. The lowest BCUT2D eigenvalue weighted by Gasteiger charge is -2.59. The highest BCUT2D eigenvalue weighted by Gasteiger charge is 2.74. The number of epoxide rings is 1. The van der Waals surface area contributed by atoms with Crippen molar-refractivity contribution in [2.45, 2.75) is 58.3 Å². The van der Waals surface area contributed by atoms with Crippen molar-refractivity contribution in [2.24, 2.45) is 34.5 Å². The normalized spacial score (nSPS) is 55.6. The molecule has 0 aromatic rings. The molecule has 0 amide bonds. The van der Waals surface area contributed by atoms with Crippen LogP contribution in [0, 0.1) is 34.5 Å². The van der Waals surface area contributed by atoms with Gasteiger partial charge in [-0.3, -0.25) is 9.59 Å². The number of Topliss-reactive ketones (excluding diaryl/α,β-unsaturated/α-hetero) is 1. The summed E-state index contributed by atoms with van der Waals surface area (Å²) in [5.41, 5.74) is 0.750. The molecule has 134 valence electrons. The zero-order valence-electron chi connectivity index (χ0n) is 15.1. The Morgan fingerprint density at radius 3 is 2.76 bits per heavy atom. The highest BCUT2D eigenvalue weighted by Crippen LogP contribution is 2.70. The lowest BCUT2D eigenvalue weighted by atomic mass is 9.46. The molecular weight excluding hydrogens is 316 g/mol. The quantitative estimate of drug-likeness (QED) is 0.744. The van der Waals surface area contributed by atoms with Crippen LogP contribution in [0.5, 0.6) is 0 Å². The maximum absolute atomic E-state index is 12.3. The Morgan fingerprint density at radius 2 is 2.04 bits per heavy atom. The van der Waals surface area contributed by atoms with Gasteiger partial charge >= 0.3 is 0 Å². The molecule has 25 heavy (non-hydrogen) atoms. The fourth-order valence-corrected chi connectivity index (χ4v) is 7.36. The molecular formula is C21H26O4. The van der Waals surface area contributed by atoms with Crippen LogP contribution in [-0.4, -0.2) is 35.0 Å². The third-order valence-electron chi connectivity index (χ3n) is 8.18. The topological polar surface area (TPSA) is 66.9 Å². The maximum Gasteiger partial charge on any atom is 0.178 e. The van der Waals surface area contributed by atoms with E-state index in [0.717, 1.165) is 12.8 Å². The third-order valence-corrected chi connectivity index (χ3v) is 8.18. The number of carbonyl (C=O) groups is 2. The second-order valence-electron chi connectivity index (χ2n) is 9.37. The number of ether oxygens (including phenoxy) is 1. The van der Waals surface area contributed by atoms with Crippen LogP contribution in [0.4, 0.5) is 0 Å². The minimum atomic E-state index is -0.447. The number of rotatable bonds is 1. The van der Waals surface area contributed by atoms with Crippen LogP contribution in [0.1, 0.15) is 40.0 Å². The minimum Gasteiger partial charge on any atom is -0.393 e. The molecule has 1 heterocycles. The maximum atomic E-state index is 12.3. The van der Waals surface area contributed by atoms with E-state index in [1.54, 1.807) is 19.1 Å². The van der Waals surface area contributed by atoms with Crippen molar-refractivity contribution >= 4 is 11.6 Å². The summed E-state index contributed by atoms with van der Waals surface area (Å²) in [5, 5.41) is 11.2. The Morgan fingerprint density at radius 1 is 1.28 bits per heavy atom. The summed E-state index contributed by atoms with van der Waals surface area (Å²) in [5.74, 6) is 0.965. The van der Waals surface area contributed by atoms with Crippen molar-refractivity contribution in [1.82, 2.24) is 0 Å². The van der Waals surface area contributed by atoms with Crippen LogP contribution in [-0.2, 0) is 14.3 Å². The van der Waals surface area contributed by atoms with Gasteiger partial charge in [0.05, 0.1) is 24.2 Å². The molecule has 5 rings (SSSR count). The molecule has 3 saturated carbocycles. The van der Waals surface area contributed by atoms with Crippen LogP contribution in [0.15, 0.2) is 23.8 Å².